The van der Waals surface area contributed by atoms with Gasteiger partial charge in [0.1, 0.15) is 5.75 Å². The molecule has 0 aliphatic carbocycles. The van der Waals surface area contributed by atoms with E-state index < -0.39 is 0 Å². The Morgan fingerprint density at radius 2 is 1.76 bits per heavy atom. The topological polar surface area (TPSA) is 74.8 Å². The minimum absolute atomic E-state index is 0. The lowest BCUT2D eigenvalue weighted by atomic mass is 9.90. The van der Waals surface area contributed by atoms with Gasteiger partial charge in [-0.05, 0) is 29.7 Å². The van der Waals surface area contributed by atoms with E-state index in [-0.39, 0.29) is 35.8 Å². The minimum atomic E-state index is 0. The third kappa shape index (κ3) is 5.01. The van der Waals surface area contributed by atoms with Gasteiger partial charge in [-0.25, -0.2) is 0 Å². The first-order valence-corrected chi connectivity index (χ1v) is 9.79. The Hall–Kier alpha value is -2.29. The van der Waals surface area contributed by atoms with Gasteiger partial charge < -0.3 is 20.7 Å². The number of rotatable bonds is 4. The van der Waals surface area contributed by atoms with Crippen molar-refractivity contribution in [1.82, 2.24) is 10.6 Å². The smallest absolute Gasteiger partial charge is 0.225 e. The molecule has 3 N–H and O–H groups in total. The van der Waals surface area contributed by atoms with E-state index in [0.29, 0.717) is 18.9 Å². The third-order valence-corrected chi connectivity index (χ3v) is 5.44. The zero-order valence-electron chi connectivity index (χ0n) is 16.5. The summed E-state index contributed by atoms with van der Waals surface area (Å²) in [5.74, 6) is 2.32. The van der Waals surface area contributed by atoms with Gasteiger partial charge in [0, 0.05) is 44.1 Å². The monoisotopic (exact) mass is 506 g/mol. The van der Waals surface area contributed by atoms with Crippen molar-refractivity contribution in [3.63, 3.8) is 0 Å². The Kier molecular flexibility index (Phi) is 7.35. The SMILES string of the molecule is CN=C(NCC1CC(=O)Nc2ccccc21)NCC1CCOc2ccccc21.I. The van der Waals surface area contributed by atoms with Crippen molar-refractivity contribution in [3.05, 3.63) is 59.7 Å². The Bertz CT molecular complexity index is 887. The molecule has 0 saturated carbocycles. The van der Waals surface area contributed by atoms with Gasteiger partial charge in [0.05, 0.1) is 6.61 Å². The molecule has 7 heteroatoms. The molecule has 0 fully saturated rings. The van der Waals surface area contributed by atoms with Gasteiger partial charge >= 0.3 is 0 Å². The highest BCUT2D eigenvalue weighted by Gasteiger charge is 2.25. The highest BCUT2D eigenvalue weighted by molar-refractivity contribution is 14.0. The van der Waals surface area contributed by atoms with E-state index in [1.807, 2.05) is 30.3 Å². The Balaban J connectivity index is 0.00000240. The van der Waals surface area contributed by atoms with Crippen LogP contribution >= 0.6 is 24.0 Å². The number of fused-ring (bicyclic) bond motifs is 2. The van der Waals surface area contributed by atoms with Crippen LogP contribution < -0.4 is 20.7 Å². The first kappa shape index (κ1) is 21.4. The number of ether oxygens (including phenoxy) is 1. The average molecular weight is 506 g/mol. The summed E-state index contributed by atoms with van der Waals surface area (Å²) in [6, 6.07) is 16.2. The summed E-state index contributed by atoms with van der Waals surface area (Å²) in [5.41, 5.74) is 3.32. The van der Waals surface area contributed by atoms with Crippen molar-refractivity contribution in [2.75, 3.05) is 32.1 Å². The van der Waals surface area contributed by atoms with Crippen LogP contribution in [0.5, 0.6) is 5.75 Å². The number of amides is 1. The molecule has 29 heavy (non-hydrogen) atoms. The van der Waals surface area contributed by atoms with E-state index in [9.17, 15) is 4.79 Å². The summed E-state index contributed by atoms with van der Waals surface area (Å²) < 4.78 is 5.75. The molecular weight excluding hydrogens is 479 g/mol. The molecule has 0 spiro atoms. The summed E-state index contributed by atoms with van der Waals surface area (Å²) in [7, 11) is 1.77. The molecule has 0 aromatic heterocycles. The second kappa shape index (κ2) is 9.96. The van der Waals surface area contributed by atoms with Crippen molar-refractivity contribution in [2.24, 2.45) is 4.99 Å². The predicted octanol–water partition coefficient (Wildman–Crippen LogP) is 3.46. The molecule has 1 amide bonds. The van der Waals surface area contributed by atoms with Gasteiger partial charge in [-0.1, -0.05) is 36.4 Å². The number of halogens is 1. The van der Waals surface area contributed by atoms with Crippen molar-refractivity contribution >= 4 is 41.5 Å². The van der Waals surface area contributed by atoms with Crippen molar-refractivity contribution in [2.45, 2.75) is 24.7 Å². The predicted molar refractivity (Wildman–Crippen MR) is 127 cm³/mol. The van der Waals surface area contributed by atoms with E-state index in [1.165, 1.54) is 11.1 Å². The van der Waals surface area contributed by atoms with E-state index in [0.717, 1.165) is 37.0 Å². The molecule has 154 valence electrons. The molecular formula is C22H27IN4O2. The molecule has 2 aliphatic rings. The summed E-state index contributed by atoms with van der Waals surface area (Å²) in [6.07, 6.45) is 1.46. The fraction of sp³-hybridized carbons (Fsp3) is 0.364. The van der Waals surface area contributed by atoms with Crippen LogP contribution in [-0.4, -0.2) is 38.6 Å². The van der Waals surface area contributed by atoms with Crippen molar-refractivity contribution in [1.29, 1.82) is 0 Å². The zero-order valence-corrected chi connectivity index (χ0v) is 18.8. The number of hydrogen-bond donors (Lipinski definition) is 3. The average Bonchev–Trinajstić information content (AvgIpc) is 2.73. The van der Waals surface area contributed by atoms with Crippen LogP contribution in [0.25, 0.3) is 0 Å². The van der Waals surface area contributed by atoms with E-state index in [4.69, 9.17) is 4.74 Å². The lowest BCUT2D eigenvalue weighted by molar-refractivity contribution is -0.116. The molecule has 6 nitrogen and oxygen atoms in total. The first-order valence-electron chi connectivity index (χ1n) is 9.79. The lowest BCUT2D eigenvalue weighted by Gasteiger charge is -2.28. The second-order valence-corrected chi connectivity index (χ2v) is 7.24. The number of carbonyl (C=O) groups is 1. The van der Waals surface area contributed by atoms with Crippen LogP contribution in [0.2, 0.25) is 0 Å². The molecule has 2 aliphatic heterocycles. The number of benzene rings is 2. The number of guanidine groups is 1. The maximum Gasteiger partial charge on any atom is 0.225 e. The summed E-state index contributed by atoms with van der Waals surface area (Å²) >= 11 is 0. The fourth-order valence-electron chi connectivity index (χ4n) is 3.97. The number of carbonyl (C=O) groups excluding carboxylic acids is 1. The highest BCUT2D eigenvalue weighted by atomic mass is 127. The van der Waals surface area contributed by atoms with Crippen molar-refractivity contribution in [3.8, 4) is 5.75 Å². The Labute approximate surface area is 188 Å². The van der Waals surface area contributed by atoms with Gasteiger partial charge in [0.15, 0.2) is 5.96 Å². The van der Waals surface area contributed by atoms with Gasteiger partial charge in [-0.15, -0.1) is 24.0 Å². The number of nitrogens with zero attached hydrogens (tertiary/aromatic N) is 1. The third-order valence-electron chi connectivity index (χ3n) is 5.44. The van der Waals surface area contributed by atoms with Crippen LogP contribution in [0.4, 0.5) is 5.69 Å². The molecule has 2 unspecified atom stereocenters. The molecule has 2 aromatic carbocycles. The number of anilines is 1. The normalized spacial score (nSPS) is 20.3. The molecule has 0 saturated heterocycles. The first-order chi connectivity index (χ1) is 13.7. The van der Waals surface area contributed by atoms with E-state index in [2.05, 4.69) is 39.1 Å². The van der Waals surface area contributed by atoms with Gasteiger partial charge in [0.25, 0.3) is 0 Å². The maximum absolute atomic E-state index is 12.0. The molecule has 2 aromatic rings. The van der Waals surface area contributed by atoms with Crippen molar-refractivity contribution < 1.29 is 9.53 Å². The highest BCUT2D eigenvalue weighted by Crippen LogP contribution is 2.33. The summed E-state index contributed by atoms with van der Waals surface area (Å²) in [6.45, 7) is 2.19. The van der Waals surface area contributed by atoms with Crippen LogP contribution in [-0.2, 0) is 4.79 Å². The number of aliphatic imine (C=N–C) groups is 1. The van der Waals surface area contributed by atoms with Crippen LogP contribution in [0.1, 0.15) is 35.8 Å². The van der Waals surface area contributed by atoms with Gasteiger partial charge in [-0.3, -0.25) is 9.79 Å². The minimum Gasteiger partial charge on any atom is -0.493 e. The summed E-state index contributed by atoms with van der Waals surface area (Å²) in [5, 5.41) is 9.77. The van der Waals surface area contributed by atoms with Crippen LogP contribution in [0, 0.1) is 0 Å². The largest absolute Gasteiger partial charge is 0.493 e. The fourth-order valence-corrected chi connectivity index (χ4v) is 3.97. The second-order valence-electron chi connectivity index (χ2n) is 7.24. The molecule has 2 heterocycles. The molecule has 0 bridgehead atoms. The van der Waals surface area contributed by atoms with Gasteiger partial charge in [0.2, 0.25) is 5.91 Å². The molecule has 0 radical (unpaired) electrons. The van der Waals surface area contributed by atoms with Crippen LogP contribution in [0.3, 0.4) is 0 Å². The number of hydrogen-bond acceptors (Lipinski definition) is 3. The zero-order chi connectivity index (χ0) is 19.3. The molecule has 4 rings (SSSR count). The van der Waals surface area contributed by atoms with Crippen LogP contribution in [0.15, 0.2) is 53.5 Å². The Morgan fingerprint density at radius 3 is 2.55 bits per heavy atom. The number of nitrogens with one attached hydrogen (secondary N) is 3. The maximum atomic E-state index is 12.0. The lowest BCUT2D eigenvalue weighted by Crippen LogP contribution is -2.42. The molecule has 2 atom stereocenters. The summed E-state index contributed by atoms with van der Waals surface area (Å²) in [4.78, 5) is 16.4. The number of para-hydroxylation sites is 2. The quantitative estimate of drug-likeness (QED) is 0.338. The van der Waals surface area contributed by atoms with Gasteiger partial charge in [-0.2, -0.15) is 0 Å². The standard InChI is InChI=1S/C22H26N4O2.HI/c1-23-22(24-13-15-10-11-28-20-9-5-3-7-18(15)20)25-14-16-12-21(27)26-19-8-4-2-6-17(16)19;/h2-9,15-16H,10-14H2,1H3,(H,26,27)(H2,23,24,25);1H. The Morgan fingerprint density at radius 1 is 1.07 bits per heavy atom. The van der Waals surface area contributed by atoms with E-state index in [1.54, 1.807) is 7.05 Å². The van der Waals surface area contributed by atoms with E-state index >= 15 is 0 Å².